The largest absolute Gasteiger partial charge is 0.409 e. The first-order valence-electron chi connectivity index (χ1n) is 6.86. The maximum Gasteiger partial charge on any atom is 0.188 e. The molecule has 0 atom stereocenters. The predicted molar refractivity (Wildman–Crippen MR) is 76.6 cm³/mol. The summed E-state index contributed by atoms with van der Waals surface area (Å²) in [6, 6.07) is 3.81. The second-order valence-electron chi connectivity index (χ2n) is 5.27. The van der Waals surface area contributed by atoms with Gasteiger partial charge in [0.25, 0.3) is 0 Å². The Morgan fingerprint density at radius 3 is 2.89 bits per heavy atom. The molecule has 1 fully saturated rings. The number of anilines is 1. The van der Waals surface area contributed by atoms with Crippen LogP contribution in [-0.2, 0) is 0 Å². The Kier molecular flexibility index (Phi) is 4.60. The fraction of sp³-hybridized carbons (Fsp3) is 0.571. The van der Waals surface area contributed by atoms with Gasteiger partial charge in [-0.3, -0.25) is 4.98 Å². The van der Waals surface area contributed by atoms with E-state index in [9.17, 15) is 0 Å². The number of hydrogen-bond donors (Lipinski definition) is 2. The van der Waals surface area contributed by atoms with Crippen LogP contribution in [-0.4, -0.2) is 29.6 Å². The summed E-state index contributed by atoms with van der Waals surface area (Å²) in [5.41, 5.74) is 7.13. The summed E-state index contributed by atoms with van der Waals surface area (Å²) in [7, 11) is 2.08. The first kappa shape index (κ1) is 13.6. The van der Waals surface area contributed by atoms with Crippen LogP contribution in [0.1, 0.15) is 37.8 Å². The maximum atomic E-state index is 8.69. The quantitative estimate of drug-likeness (QED) is 0.377. The zero-order valence-electron chi connectivity index (χ0n) is 11.4. The maximum absolute atomic E-state index is 8.69. The fourth-order valence-electron chi connectivity index (χ4n) is 2.71. The van der Waals surface area contributed by atoms with Gasteiger partial charge in [0.15, 0.2) is 5.84 Å². The summed E-state index contributed by atoms with van der Waals surface area (Å²) in [6.45, 7) is 1.06. The molecule has 0 spiro atoms. The van der Waals surface area contributed by atoms with Gasteiger partial charge in [0.05, 0.1) is 0 Å². The zero-order chi connectivity index (χ0) is 13.7. The normalized spacial score (nSPS) is 17.4. The van der Waals surface area contributed by atoms with E-state index in [4.69, 9.17) is 10.9 Å². The molecule has 0 radical (unpaired) electrons. The van der Waals surface area contributed by atoms with Gasteiger partial charge >= 0.3 is 0 Å². The number of nitrogens with zero attached hydrogens (tertiary/aromatic N) is 3. The van der Waals surface area contributed by atoms with E-state index in [1.165, 1.54) is 32.1 Å². The molecule has 2 rings (SSSR count). The molecule has 0 unspecified atom stereocenters. The van der Waals surface area contributed by atoms with Crippen LogP contribution in [0.5, 0.6) is 0 Å². The van der Waals surface area contributed by atoms with Crippen LogP contribution in [0.15, 0.2) is 23.5 Å². The Morgan fingerprint density at radius 2 is 2.21 bits per heavy atom. The molecule has 5 heteroatoms. The van der Waals surface area contributed by atoms with Crippen molar-refractivity contribution in [3.63, 3.8) is 0 Å². The minimum atomic E-state index is 0.0490. The van der Waals surface area contributed by atoms with Gasteiger partial charge in [0, 0.05) is 25.5 Å². The lowest BCUT2D eigenvalue weighted by molar-refractivity contribution is 0.318. The number of nitrogens with two attached hydrogens (primary N) is 1. The highest BCUT2D eigenvalue weighted by Crippen LogP contribution is 2.25. The minimum absolute atomic E-state index is 0.0490. The van der Waals surface area contributed by atoms with Crippen LogP contribution >= 0.6 is 0 Å². The lowest BCUT2D eigenvalue weighted by atomic mass is 9.89. The Labute approximate surface area is 114 Å². The van der Waals surface area contributed by atoms with E-state index in [-0.39, 0.29) is 5.84 Å². The van der Waals surface area contributed by atoms with E-state index >= 15 is 0 Å². The molecular weight excluding hydrogens is 240 g/mol. The van der Waals surface area contributed by atoms with E-state index in [0.717, 1.165) is 18.2 Å². The number of hydrogen-bond acceptors (Lipinski definition) is 4. The summed E-state index contributed by atoms with van der Waals surface area (Å²) in [6.07, 6.45) is 8.42. The highest BCUT2D eigenvalue weighted by Gasteiger charge is 2.16. The molecule has 5 nitrogen and oxygen atoms in total. The second-order valence-corrected chi connectivity index (χ2v) is 5.27. The van der Waals surface area contributed by atoms with Crippen molar-refractivity contribution >= 4 is 11.5 Å². The van der Waals surface area contributed by atoms with Gasteiger partial charge in [0.1, 0.15) is 5.69 Å². The van der Waals surface area contributed by atoms with Gasteiger partial charge in [-0.15, -0.1) is 0 Å². The van der Waals surface area contributed by atoms with Crippen molar-refractivity contribution < 1.29 is 5.21 Å². The summed E-state index contributed by atoms with van der Waals surface area (Å²) in [5.74, 6) is 0.826. The van der Waals surface area contributed by atoms with Gasteiger partial charge in [-0.2, -0.15) is 0 Å². The lowest BCUT2D eigenvalue weighted by Crippen LogP contribution is -2.27. The van der Waals surface area contributed by atoms with Crippen LogP contribution in [0, 0.1) is 5.92 Å². The third kappa shape index (κ3) is 3.59. The van der Waals surface area contributed by atoms with E-state index in [1.54, 1.807) is 6.20 Å². The third-order valence-electron chi connectivity index (χ3n) is 3.81. The standard InChI is InChI=1S/C14H22N4O/c1-18(10-11-5-3-2-4-6-11)12-7-8-16-13(9-12)14(15)17-19/h7-9,11,19H,2-6,10H2,1H3,(H2,15,17). The molecule has 0 saturated heterocycles. The van der Waals surface area contributed by atoms with Crippen molar-refractivity contribution in [2.24, 2.45) is 16.8 Å². The number of aromatic nitrogens is 1. The minimum Gasteiger partial charge on any atom is -0.409 e. The van der Waals surface area contributed by atoms with Crippen molar-refractivity contribution in [3.05, 3.63) is 24.0 Å². The average molecular weight is 262 g/mol. The van der Waals surface area contributed by atoms with E-state index < -0.39 is 0 Å². The molecular formula is C14H22N4O. The highest BCUT2D eigenvalue weighted by molar-refractivity contribution is 5.95. The van der Waals surface area contributed by atoms with E-state index in [2.05, 4.69) is 22.1 Å². The van der Waals surface area contributed by atoms with Crippen molar-refractivity contribution in [1.82, 2.24) is 4.98 Å². The van der Waals surface area contributed by atoms with E-state index in [1.807, 2.05) is 12.1 Å². The second kappa shape index (κ2) is 6.41. The van der Waals surface area contributed by atoms with Gasteiger partial charge in [-0.1, -0.05) is 24.4 Å². The molecule has 0 aliphatic heterocycles. The van der Waals surface area contributed by atoms with Crippen LogP contribution in [0.3, 0.4) is 0 Å². The number of amidine groups is 1. The molecule has 1 aliphatic carbocycles. The molecule has 1 saturated carbocycles. The first-order chi connectivity index (χ1) is 9.20. The van der Waals surface area contributed by atoms with Crippen LogP contribution < -0.4 is 10.6 Å². The molecule has 3 N–H and O–H groups in total. The molecule has 1 aliphatic rings. The first-order valence-corrected chi connectivity index (χ1v) is 6.86. The summed E-state index contributed by atoms with van der Waals surface area (Å²) < 4.78 is 0. The number of oxime groups is 1. The Balaban J connectivity index is 2.03. The van der Waals surface area contributed by atoms with Gasteiger partial charge in [-0.25, -0.2) is 0 Å². The van der Waals surface area contributed by atoms with Gasteiger partial charge in [0.2, 0.25) is 0 Å². The Hall–Kier alpha value is -1.78. The Morgan fingerprint density at radius 1 is 1.47 bits per heavy atom. The summed E-state index contributed by atoms with van der Waals surface area (Å²) in [5, 5.41) is 11.7. The van der Waals surface area contributed by atoms with Crippen molar-refractivity contribution in [1.29, 1.82) is 0 Å². The topological polar surface area (TPSA) is 74.7 Å². The molecule has 0 aromatic carbocycles. The molecule has 1 heterocycles. The van der Waals surface area contributed by atoms with Gasteiger partial charge in [-0.05, 0) is 30.9 Å². The SMILES string of the molecule is CN(CC1CCCCC1)c1ccnc(C(N)=NO)c1. The number of rotatable bonds is 4. The molecule has 1 aromatic rings. The van der Waals surface area contributed by atoms with Crippen LogP contribution in [0.4, 0.5) is 5.69 Å². The third-order valence-corrected chi connectivity index (χ3v) is 3.81. The molecule has 104 valence electrons. The lowest BCUT2D eigenvalue weighted by Gasteiger charge is -2.28. The zero-order valence-corrected chi connectivity index (χ0v) is 11.4. The van der Waals surface area contributed by atoms with Crippen LogP contribution in [0.25, 0.3) is 0 Å². The average Bonchev–Trinajstić information content (AvgIpc) is 2.47. The highest BCUT2D eigenvalue weighted by atomic mass is 16.4. The van der Waals surface area contributed by atoms with Crippen molar-refractivity contribution in [3.8, 4) is 0 Å². The predicted octanol–water partition coefficient (Wildman–Crippen LogP) is 2.19. The summed E-state index contributed by atoms with van der Waals surface area (Å²) in [4.78, 5) is 6.32. The fourth-order valence-corrected chi connectivity index (χ4v) is 2.71. The van der Waals surface area contributed by atoms with Crippen molar-refractivity contribution in [2.75, 3.05) is 18.5 Å². The molecule has 19 heavy (non-hydrogen) atoms. The van der Waals surface area contributed by atoms with Gasteiger partial charge < -0.3 is 15.8 Å². The monoisotopic (exact) mass is 262 g/mol. The summed E-state index contributed by atoms with van der Waals surface area (Å²) >= 11 is 0. The number of pyridine rings is 1. The van der Waals surface area contributed by atoms with E-state index in [0.29, 0.717) is 5.69 Å². The van der Waals surface area contributed by atoms with Crippen LogP contribution in [0.2, 0.25) is 0 Å². The Bertz CT molecular complexity index is 441. The molecule has 1 aromatic heterocycles. The smallest absolute Gasteiger partial charge is 0.188 e. The molecule has 0 bridgehead atoms. The van der Waals surface area contributed by atoms with Crippen molar-refractivity contribution in [2.45, 2.75) is 32.1 Å². The molecule has 0 amide bonds.